The van der Waals surface area contributed by atoms with Crippen LogP contribution in [0.25, 0.3) is 11.6 Å². The van der Waals surface area contributed by atoms with Gasteiger partial charge >= 0.3 is 5.97 Å². The zero-order valence-electron chi connectivity index (χ0n) is 21.1. The minimum atomic E-state index is -1.02. The maximum absolute atomic E-state index is 11.4. The van der Waals surface area contributed by atoms with Crippen LogP contribution in [0.4, 0.5) is 0 Å². The third kappa shape index (κ3) is 4.11. The van der Waals surface area contributed by atoms with E-state index in [2.05, 4.69) is 25.8 Å². The smallest absolute Gasteiger partial charge is 0.335 e. The molecule has 37 heavy (non-hydrogen) atoms. The summed E-state index contributed by atoms with van der Waals surface area (Å²) in [5.74, 6) is 2.48. The van der Waals surface area contributed by atoms with Crippen LogP contribution in [-0.2, 0) is 10.4 Å². The molecule has 1 aliphatic heterocycles. The van der Waals surface area contributed by atoms with Crippen molar-refractivity contribution in [2.45, 2.75) is 81.9 Å². The number of ether oxygens (including phenoxy) is 1. The number of carbonyl (C=O) groups is 1. The second-order valence-electron chi connectivity index (χ2n) is 12.1. The van der Waals surface area contributed by atoms with Crippen LogP contribution in [0.5, 0.6) is 0 Å². The number of hydrogen-bond donors (Lipinski definition) is 3. The fraction of sp³-hybridized carbons (Fsp3) is 0.643. The second-order valence-corrected chi connectivity index (χ2v) is 12.1. The zero-order chi connectivity index (χ0) is 25.0. The average molecular weight is 506 g/mol. The number of rotatable bonds is 7. The van der Waals surface area contributed by atoms with E-state index < -0.39 is 11.6 Å². The van der Waals surface area contributed by atoms with Gasteiger partial charge in [0.25, 0.3) is 11.8 Å². The maximum atomic E-state index is 11.4. The Balaban J connectivity index is 1.12. The molecule has 196 valence electrons. The molecule has 9 heteroatoms. The van der Waals surface area contributed by atoms with Crippen LogP contribution in [0.2, 0.25) is 0 Å². The normalized spacial score (nSPS) is 34.7. The van der Waals surface area contributed by atoms with Crippen LogP contribution in [0, 0.1) is 23.7 Å². The van der Waals surface area contributed by atoms with Gasteiger partial charge in [0.1, 0.15) is 5.69 Å². The Kier molecular flexibility index (Phi) is 5.53. The van der Waals surface area contributed by atoms with Gasteiger partial charge in [-0.1, -0.05) is 19.3 Å². The second kappa shape index (κ2) is 8.82. The summed E-state index contributed by atoms with van der Waals surface area (Å²) >= 11 is 0. The van der Waals surface area contributed by atoms with E-state index in [1.807, 2.05) is 6.20 Å². The summed E-state index contributed by atoms with van der Waals surface area (Å²) in [7, 11) is 0. The first-order chi connectivity index (χ1) is 18.0. The summed E-state index contributed by atoms with van der Waals surface area (Å²) in [6.07, 6.45) is 17.0. The van der Waals surface area contributed by atoms with Crippen LogP contribution in [-0.4, -0.2) is 38.5 Å². The summed E-state index contributed by atoms with van der Waals surface area (Å²) in [5.41, 5.74) is 0.859. The molecule has 1 unspecified atom stereocenters. The molecule has 0 radical (unpaired) electrons. The Morgan fingerprint density at radius 3 is 2.51 bits per heavy atom. The molecule has 2 aromatic heterocycles. The van der Waals surface area contributed by atoms with Crippen molar-refractivity contribution in [2.75, 3.05) is 6.61 Å². The van der Waals surface area contributed by atoms with Gasteiger partial charge in [-0.25, -0.2) is 4.79 Å². The molecule has 9 nitrogen and oxygen atoms in total. The average Bonchev–Trinajstić information content (AvgIpc) is 3.56. The van der Waals surface area contributed by atoms with Crippen LogP contribution in [0.3, 0.4) is 0 Å². The molecule has 0 spiro atoms. The maximum Gasteiger partial charge on any atom is 0.335 e. The SMILES string of the molecule is O=C(O)c1ccnc(-c2nnc(C3(C4CCCCC4)NC=C(COC45CC6CC(CC(C6)C4)C5)N3)o2)c1. The molecule has 2 aromatic rings. The molecule has 3 N–H and O–H groups in total. The summed E-state index contributed by atoms with van der Waals surface area (Å²) in [6.45, 7) is 0.552. The topological polar surface area (TPSA) is 122 Å². The van der Waals surface area contributed by atoms with Crippen molar-refractivity contribution in [1.29, 1.82) is 0 Å². The van der Waals surface area contributed by atoms with Crippen molar-refractivity contribution in [3.05, 3.63) is 41.7 Å². The molecule has 5 saturated carbocycles. The molecule has 3 heterocycles. The largest absolute Gasteiger partial charge is 0.478 e. The predicted octanol–water partition coefficient (Wildman–Crippen LogP) is 4.58. The van der Waals surface area contributed by atoms with Gasteiger partial charge in [-0.15, -0.1) is 10.2 Å². The highest BCUT2D eigenvalue weighted by atomic mass is 16.5. The number of carboxylic acid groups (broad SMARTS) is 1. The van der Waals surface area contributed by atoms with Crippen LogP contribution < -0.4 is 10.6 Å². The van der Waals surface area contributed by atoms with E-state index >= 15 is 0 Å². The minimum absolute atomic E-state index is 0.0475. The molecule has 4 bridgehead atoms. The van der Waals surface area contributed by atoms with E-state index in [1.165, 1.54) is 63.3 Å². The van der Waals surface area contributed by atoms with E-state index in [4.69, 9.17) is 9.15 Å². The monoisotopic (exact) mass is 505 g/mol. The van der Waals surface area contributed by atoms with E-state index in [1.54, 1.807) is 0 Å². The Morgan fingerprint density at radius 1 is 1.08 bits per heavy atom. The van der Waals surface area contributed by atoms with Crippen molar-refractivity contribution in [1.82, 2.24) is 25.8 Å². The van der Waals surface area contributed by atoms with Crippen molar-refractivity contribution >= 4 is 5.97 Å². The number of carboxylic acids is 1. The Morgan fingerprint density at radius 2 is 1.81 bits per heavy atom. The predicted molar refractivity (Wildman–Crippen MR) is 134 cm³/mol. The van der Waals surface area contributed by atoms with E-state index in [-0.39, 0.29) is 23.0 Å². The van der Waals surface area contributed by atoms with Gasteiger partial charge in [-0.2, -0.15) is 0 Å². The molecule has 8 rings (SSSR count). The number of nitrogens with zero attached hydrogens (tertiary/aromatic N) is 3. The fourth-order valence-electron chi connectivity index (χ4n) is 8.25. The lowest BCUT2D eigenvalue weighted by Crippen LogP contribution is -2.54. The number of aromatic carboxylic acids is 1. The summed E-state index contributed by atoms with van der Waals surface area (Å²) in [5, 5.41) is 25.4. The molecular weight excluding hydrogens is 470 g/mol. The first kappa shape index (κ1) is 23.2. The van der Waals surface area contributed by atoms with Gasteiger partial charge < -0.3 is 24.9 Å². The lowest BCUT2D eigenvalue weighted by atomic mass is 9.54. The van der Waals surface area contributed by atoms with Crippen LogP contribution in [0.1, 0.15) is 86.9 Å². The Labute approximate surface area is 216 Å². The number of aromatic nitrogens is 3. The molecule has 6 aliphatic rings. The standard InChI is InChI=1S/C28H35N5O4/c34-25(35)20-6-7-29-23(11-20)24-32-33-26(37-24)28(21-4-2-1-3-5-21)30-15-22(31-28)16-36-27-12-17-8-18(13-27)10-19(9-17)14-27/h6-7,11,15,17-19,21,30-31H,1-5,8-10,12-14,16H2,(H,34,35). The van der Waals surface area contributed by atoms with E-state index in [0.717, 1.165) is 49.1 Å². The number of pyridine rings is 1. The quantitative estimate of drug-likeness (QED) is 0.496. The Bertz CT molecular complexity index is 1180. The molecule has 5 fully saturated rings. The molecular formula is C28H35N5O4. The minimum Gasteiger partial charge on any atom is -0.478 e. The van der Waals surface area contributed by atoms with Crippen molar-refractivity contribution in [3.63, 3.8) is 0 Å². The third-order valence-corrected chi connectivity index (χ3v) is 9.55. The summed E-state index contributed by atoms with van der Waals surface area (Å²) in [6, 6.07) is 2.91. The van der Waals surface area contributed by atoms with Gasteiger partial charge in [0.15, 0.2) is 5.66 Å². The van der Waals surface area contributed by atoms with Gasteiger partial charge in [-0.05, 0) is 81.3 Å². The van der Waals surface area contributed by atoms with Crippen LogP contribution >= 0.6 is 0 Å². The Hall–Kier alpha value is -2.94. The van der Waals surface area contributed by atoms with Gasteiger partial charge in [-0.3, -0.25) is 4.98 Å². The zero-order valence-corrected chi connectivity index (χ0v) is 21.1. The van der Waals surface area contributed by atoms with Gasteiger partial charge in [0.05, 0.1) is 23.5 Å². The van der Waals surface area contributed by atoms with Gasteiger partial charge in [0, 0.05) is 18.3 Å². The first-order valence-electron chi connectivity index (χ1n) is 13.9. The number of hydrogen-bond acceptors (Lipinski definition) is 8. The first-order valence-corrected chi connectivity index (χ1v) is 13.9. The molecule has 0 aromatic carbocycles. The van der Waals surface area contributed by atoms with E-state index in [9.17, 15) is 9.90 Å². The molecule has 5 aliphatic carbocycles. The highest BCUT2D eigenvalue weighted by Gasteiger charge is 2.53. The lowest BCUT2D eigenvalue weighted by Gasteiger charge is -2.56. The van der Waals surface area contributed by atoms with Crippen molar-refractivity contribution < 1.29 is 19.1 Å². The highest BCUT2D eigenvalue weighted by Crippen LogP contribution is 2.57. The molecule has 0 amide bonds. The molecule has 0 saturated heterocycles. The van der Waals surface area contributed by atoms with E-state index in [0.29, 0.717) is 18.2 Å². The molecule has 1 atom stereocenters. The van der Waals surface area contributed by atoms with Crippen molar-refractivity contribution in [3.8, 4) is 11.6 Å². The fourth-order valence-corrected chi connectivity index (χ4v) is 8.25. The van der Waals surface area contributed by atoms with Crippen molar-refractivity contribution in [2.24, 2.45) is 23.7 Å². The summed E-state index contributed by atoms with van der Waals surface area (Å²) < 4.78 is 12.9. The summed E-state index contributed by atoms with van der Waals surface area (Å²) in [4.78, 5) is 15.7. The third-order valence-electron chi connectivity index (χ3n) is 9.55. The number of nitrogens with one attached hydrogen (secondary N) is 2. The van der Waals surface area contributed by atoms with Crippen LogP contribution in [0.15, 0.2) is 34.6 Å². The van der Waals surface area contributed by atoms with Gasteiger partial charge in [0.2, 0.25) is 0 Å². The highest BCUT2D eigenvalue weighted by molar-refractivity contribution is 5.88. The lowest BCUT2D eigenvalue weighted by molar-refractivity contribution is -0.157.